The highest BCUT2D eigenvalue weighted by Gasteiger charge is 2.44. The lowest BCUT2D eigenvalue weighted by atomic mass is 10.2. The van der Waals surface area contributed by atoms with Crippen molar-refractivity contribution in [3.8, 4) is 0 Å². The van der Waals surface area contributed by atoms with Crippen molar-refractivity contribution in [3.05, 3.63) is 18.0 Å². The van der Waals surface area contributed by atoms with Gasteiger partial charge in [0.25, 0.3) is 0 Å². The normalized spacial score (nSPS) is 17.1. The van der Waals surface area contributed by atoms with Crippen LogP contribution >= 0.6 is 11.6 Å². The minimum absolute atomic E-state index is 0.216. The first-order valence-corrected chi connectivity index (χ1v) is 6.19. The van der Waals surface area contributed by atoms with Crippen molar-refractivity contribution in [3.63, 3.8) is 0 Å². The molecule has 1 N–H and O–H groups in total. The van der Waals surface area contributed by atoms with Gasteiger partial charge in [0.05, 0.1) is 10.6 Å². The molecule has 98 valence electrons. The molecule has 1 heterocycles. The van der Waals surface area contributed by atoms with Crippen molar-refractivity contribution in [2.24, 2.45) is 0 Å². The topological polar surface area (TPSA) is 64.1 Å². The smallest absolute Gasteiger partial charge is 0.414 e. The maximum Gasteiger partial charge on any atom is 0.414 e. The Balaban J connectivity index is 2.04. The highest BCUT2D eigenvalue weighted by atomic mass is 35.5. The molecular formula is C12H16ClN3O2. The zero-order valence-electron chi connectivity index (χ0n) is 10.7. The molecule has 0 spiro atoms. The fourth-order valence-electron chi connectivity index (χ4n) is 1.43. The highest BCUT2D eigenvalue weighted by molar-refractivity contribution is 6.25. The average molecular weight is 270 g/mol. The SMILES string of the molecule is CC(C)(C)OC(=O)Nc1nccc(C2(Cl)CC2)n1. The summed E-state index contributed by atoms with van der Waals surface area (Å²) in [5.74, 6) is 0.216. The van der Waals surface area contributed by atoms with Crippen LogP contribution in [0.2, 0.25) is 0 Å². The molecule has 0 atom stereocenters. The molecule has 0 radical (unpaired) electrons. The van der Waals surface area contributed by atoms with Crippen molar-refractivity contribution in [1.29, 1.82) is 0 Å². The molecule has 0 unspecified atom stereocenters. The minimum Gasteiger partial charge on any atom is -0.444 e. The molecule has 1 amide bonds. The molecule has 18 heavy (non-hydrogen) atoms. The summed E-state index contributed by atoms with van der Waals surface area (Å²) in [6.07, 6.45) is 2.81. The lowest BCUT2D eigenvalue weighted by Crippen LogP contribution is -2.28. The molecule has 0 bridgehead atoms. The second-order valence-electron chi connectivity index (χ2n) is 5.36. The number of hydrogen-bond donors (Lipinski definition) is 1. The van der Waals surface area contributed by atoms with Crippen molar-refractivity contribution in [2.45, 2.75) is 44.1 Å². The number of carbonyl (C=O) groups is 1. The number of amides is 1. The number of ether oxygens (including phenoxy) is 1. The first kappa shape index (κ1) is 13.1. The van der Waals surface area contributed by atoms with Crippen LogP contribution in [0.4, 0.5) is 10.7 Å². The van der Waals surface area contributed by atoms with Crippen molar-refractivity contribution in [1.82, 2.24) is 9.97 Å². The van der Waals surface area contributed by atoms with Gasteiger partial charge in [-0.2, -0.15) is 0 Å². The van der Waals surface area contributed by atoms with E-state index in [2.05, 4.69) is 15.3 Å². The number of halogens is 1. The highest BCUT2D eigenvalue weighted by Crippen LogP contribution is 2.51. The number of aromatic nitrogens is 2. The first-order valence-electron chi connectivity index (χ1n) is 5.81. The van der Waals surface area contributed by atoms with E-state index >= 15 is 0 Å². The van der Waals surface area contributed by atoms with Crippen molar-refractivity contribution >= 4 is 23.6 Å². The lowest BCUT2D eigenvalue weighted by molar-refractivity contribution is 0.0634. The molecule has 1 saturated carbocycles. The van der Waals surface area contributed by atoms with Crippen LogP contribution in [0.3, 0.4) is 0 Å². The quantitative estimate of drug-likeness (QED) is 0.838. The summed E-state index contributed by atoms with van der Waals surface area (Å²) in [6, 6.07) is 1.76. The van der Waals surface area contributed by atoms with E-state index in [-0.39, 0.29) is 10.8 Å². The summed E-state index contributed by atoms with van der Waals surface area (Å²) in [7, 11) is 0. The minimum atomic E-state index is -0.570. The summed E-state index contributed by atoms with van der Waals surface area (Å²) in [4.78, 5) is 19.4. The van der Waals surface area contributed by atoms with Gasteiger partial charge in [0.2, 0.25) is 5.95 Å². The van der Waals surface area contributed by atoms with Gasteiger partial charge in [0, 0.05) is 6.20 Å². The van der Waals surface area contributed by atoms with E-state index in [4.69, 9.17) is 16.3 Å². The third-order valence-corrected chi connectivity index (χ3v) is 2.99. The van der Waals surface area contributed by atoms with Crippen molar-refractivity contribution < 1.29 is 9.53 Å². The van der Waals surface area contributed by atoms with E-state index in [1.807, 2.05) is 0 Å². The predicted molar refractivity (Wildman–Crippen MR) is 68.7 cm³/mol. The largest absolute Gasteiger partial charge is 0.444 e. The van der Waals surface area contributed by atoms with E-state index in [0.717, 1.165) is 18.5 Å². The Hall–Kier alpha value is -1.36. The van der Waals surface area contributed by atoms with Crippen LogP contribution < -0.4 is 5.32 Å². The number of nitrogens with one attached hydrogen (secondary N) is 1. The molecule has 0 saturated heterocycles. The third-order valence-electron chi connectivity index (χ3n) is 2.42. The van der Waals surface area contributed by atoms with E-state index in [1.54, 1.807) is 33.0 Å². The Labute approximate surface area is 111 Å². The third kappa shape index (κ3) is 3.32. The maximum atomic E-state index is 11.6. The molecular weight excluding hydrogens is 254 g/mol. The van der Waals surface area contributed by atoms with Gasteiger partial charge in [0.1, 0.15) is 5.60 Å². The summed E-state index contributed by atoms with van der Waals surface area (Å²) in [5, 5.41) is 2.50. The Kier molecular flexibility index (Phi) is 3.19. The van der Waals surface area contributed by atoms with Crippen LogP contribution in [0.15, 0.2) is 12.3 Å². The Morgan fingerprint density at radius 2 is 2.17 bits per heavy atom. The first-order chi connectivity index (χ1) is 8.28. The van der Waals surface area contributed by atoms with E-state index in [0.29, 0.717) is 0 Å². The average Bonchev–Trinajstić information content (AvgIpc) is 2.95. The lowest BCUT2D eigenvalue weighted by Gasteiger charge is -2.19. The summed E-state index contributed by atoms with van der Waals surface area (Å²) < 4.78 is 5.12. The number of nitrogens with zero attached hydrogens (tertiary/aromatic N) is 2. The number of anilines is 1. The standard InChI is InChI=1S/C12H16ClN3O2/c1-11(2,3)18-10(17)16-9-14-7-4-8(15-9)12(13)5-6-12/h4,7H,5-6H2,1-3H3,(H,14,15,16,17). The van der Waals surface area contributed by atoms with Gasteiger partial charge in [-0.3, -0.25) is 5.32 Å². The molecule has 0 aromatic carbocycles. The van der Waals surface area contributed by atoms with E-state index < -0.39 is 11.7 Å². The van der Waals surface area contributed by atoms with Crippen molar-refractivity contribution in [2.75, 3.05) is 5.32 Å². The molecule has 6 heteroatoms. The zero-order chi connectivity index (χ0) is 13.4. The van der Waals surface area contributed by atoms with Gasteiger partial charge < -0.3 is 4.74 Å². The molecule has 5 nitrogen and oxygen atoms in total. The van der Waals surface area contributed by atoms with E-state index in [1.165, 1.54) is 0 Å². The Bertz CT molecular complexity index is 467. The van der Waals surface area contributed by atoms with Gasteiger partial charge in [-0.05, 0) is 39.7 Å². The Morgan fingerprint density at radius 1 is 1.50 bits per heavy atom. The van der Waals surface area contributed by atoms with Crippen LogP contribution in [0.1, 0.15) is 39.3 Å². The number of rotatable bonds is 2. The predicted octanol–water partition coefficient (Wildman–Crippen LogP) is 3.05. The van der Waals surface area contributed by atoms with Crippen LogP contribution in [-0.2, 0) is 9.61 Å². The van der Waals surface area contributed by atoms with Crippen LogP contribution in [0.25, 0.3) is 0 Å². The van der Waals surface area contributed by atoms with Gasteiger partial charge in [-0.1, -0.05) is 0 Å². The second kappa shape index (κ2) is 4.39. The molecule has 0 aliphatic heterocycles. The molecule has 1 fully saturated rings. The number of carbonyl (C=O) groups excluding carboxylic acids is 1. The van der Waals surface area contributed by atoms with Crippen LogP contribution in [-0.4, -0.2) is 21.7 Å². The molecule has 1 aromatic heterocycles. The maximum absolute atomic E-state index is 11.6. The van der Waals surface area contributed by atoms with E-state index in [9.17, 15) is 4.79 Å². The number of alkyl halides is 1. The van der Waals surface area contributed by atoms with Gasteiger partial charge in [0.15, 0.2) is 0 Å². The van der Waals surface area contributed by atoms with Crippen LogP contribution in [0, 0.1) is 0 Å². The molecule has 1 aliphatic rings. The van der Waals surface area contributed by atoms with Gasteiger partial charge in [-0.15, -0.1) is 11.6 Å². The number of hydrogen-bond acceptors (Lipinski definition) is 4. The molecule has 1 aliphatic carbocycles. The monoisotopic (exact) mass is 269 g/mol. The second-order valence-corrected chi connectivity index (χ2v) is 6.08. The fourth-order valence-corrected chi connectivity index (χ4v) is 1.63. The van der Waals surface area contributed by atoms with Gasteiger partial charge >= 0.3 is 6.09 Å². The van der Waals surface area contributed by atoms with Gasteiger partial charge in [-0.25, -0.2) is 14.8 Å². The molecule has 2 rings (SSSR count). The summed E-state index contributed by atoms with van der Waals surface area (Å²) >= 11 is 6.25. The Morgan fingerprint density at radius 3 is 2.72 bits per heavy atom. The fraction of sp³-hybridized carbons (Fsp3) is 0.583. The summed E-state index contributed by atoms with van der Waals surface area (Å²) in [6.45, 7) is 5.38. The zero-order valence-corrected chi connectivity index (χ0v) is 11.4. The van der Waals surface area contributed by atoms with Crippen LogP contribution in [0.5, 0.6) is 0 Å². The summed E-state index contributed by atoms with van der Waals surface area (Å²) in [5.41, 5.74) is 0.191. The molecule has 1 aromatic rings.